The number of benzene rings is 10. The quantitative estimate of drug-likeness (QED) is 0.172. The van der Waals surface area contributed by atoms with Crippen molar-refractivity contribution in [3.05, 3.63) is 247 Å². The van der Waals surface area contributed by atoms with Gasteiger partial charge in [0.1, 0.15) is 11.5 Å². The van der Waals surface area contributed by atoms with Crippen LogP contribution in [0.2, 0.25) is 0 Å². The van der Waals surface area contributed by atoms with Crippen LogP contribution in [0.25, 0.3) is 64.3 Å². The second-order valence-corrected chi connectivity index (χ2v) is 17.4. The molecule has 0 radical (unpaired) electrons. The van der Waals surface area contributed by atoms with E-state index in [1.807, 2.05) is 11.3 Å². The van der Waals surface area contributed by atoms with Crippen LogP contribution in [0.15, 0.2) is 224 Å². The van der Waals surface area contributed by atoms with Crippen LogP contribution in [-0.2, 0) is 5.41 Å². The number of hydrogen-bond donors (Lipinski definition) is 0. The van der Waals surface area contributed by atoms with Gasteiger partial charge in [0.25, 0.3) is 0 Å². The monoisotopic (exact) mass is 807 g/mol. The Morgan fingerprint density at radius 2 is 0.935 bits per heavy atom. The van der Waals surface area contributed by atoms with Crippen LogP contribution in [0.1, 0.15) is 22.3 Å². The molecule has 2 heterocycles. The topological polar surface area (TPSA) is 12.5 Å². The van der Waals surface area contributed by atoms with E-state index < -0.39 is 5.41 Å². The Bertz CT molecular complexity index is 3520. The summed E-state index contributed by atoms with van der Waals surface area (Å²) in [6.45, 7) is 0. The highest BCUT2D eigenvalue weighted by Gasteiger charge is 2.51. The molecule has 62 heavy (non-hydrogen) atoms. The minimum Gasteiger partial charge on any atom is -0.457 e. The average molecular weight is 808 g/mol. The molecule has 1 aromatic heterocycles. The number of nitrogens with zero attached hydrogens (tertiary/aromatic N) is 1. The van der Waals surface area contributed by atoms with Crippen LogP contribution in [-0.4, -0.2) is 0 Å². The number of para-hydroxylation sites is 2. The number of rotatable bonds is 5. The lowest BCUT2D eigenvalue weighted by Crippen LogP contribution is -2.32. The molecule has 290 valence electrons. The van der Waals surface area contributed by atoms with E-state index in [0.717, 1.165) is 34.1 Å². The highest BCUT2D eigenvalue weighted by Crippen LogP contribution is 2.62. The normalized spacial score (nSPS) is 13.1. The SMILES string of the molecule is c1ccc(-c2ccc(N(c3cccc(-c4ccc5c(c4)C4(c6ccccc6Oc6ccccc64)c4ccccc4-5)c3)c3cc4c5ccccc5sc4c4ccccc34)cc2)cc1. The van der Waals surface area contributed by atoms with Crippen molar-refractivity contribution >= 4 is 59.3 Å². The summed E-state index contributed by atoms with van der Waals surface area (Å²) in [5.74, 6) is 1.80. The Hall–Kier alpha value is -7.72. The van der Waals surface area contributed by atoms with Gasteiger partial charge in [0.05, 0.1) is 11.1 Å². The number of hydrogen-bond acceptors (Lipinski definition) is 3. The van der Waals surface area contributed by atoms with E-state index in [9.17, 15) is 0 Å². The van der Waals surface area contributed by atoms with Crippen LogP contribution in [0.3, 0.4) is 0 Å². The molecule has 0 fully saturated rings. The Balaban J connectivity index is 1.03. The lowest BCUT2D eigenvalue weighted by Gasteiger charge is -2.39. The van der Waals surface area contributed by atoms with Gasteiger partial charge in [0, 0.05) is 53.4 Å². The van der Waals surface area contributed by atoms with E-state index in [-0.39, 0.29) is 0 Å². The first-order valence-corrected chi connectivity index (χ1v) is 22.1. The van der Waals surface area contributed by atoms with Gasteiger partial charge in [-0.15, -0.1) is 11.3 Å². The van der Waals surface area contributed by atoms with E-state index in [1.54, 1.807) is 0 Å². The van der Waals surface area contributed by atoms with Crippen molar-refractivity contribution in [2.24, 2.45) is 0 Å². The second kappa shape index (κ2) is 13.7. The second-order valence-electron chi connectivity index (χ2n) is 16.4. The van der Waals surface area contributed by atoms with Crippen LogP contribution in [0.4, 0.5) is 17.1 Å². The van der Waals surface area contributed by atoms with Gasteiger partial charge in [-0.05, 0) is 99.1 Å². The molecule has 2 aliphatic rings. The van der Waals surface area contributed by atoms with E-state index in [4.69, 9.17) is 4.74 Å². The fourth-order valence-corrected chi connectivity index (χ4v) is 11.7. The van der Waals surface area contributed by atoms with E-state index in [0.29, 0.717) is 0 Å². The zero-order valence-corrected chi connectivity index (χ0v) is 34.4. The molecule has 11 aromatic rings. The molecule has 1 aliphatic carbocycles. The summed E-state index contributed by atoms with van der Waals surface area (Å²) < 4.78 is 9.26. The molecular weight excluding hydrogens is 771 g/mol. The first-order valence-electron chi connectivity index (χ1n) is 21.2. The van der Waals surface area contributed by atoms with E-state index in [2.05, 4.69) is 229 Å². The average Bonchev–Trinajstić information content (AvgIpc) is 3.86. The lowest BCUT2D eigenvalue weighted by atomic mass is 9.66. The highest BCUT2D eigenvalue weighted by atomic mass is 32.1. The molecule has 0 unspecified atom stereocenters. The van der Waals surface area contributed by atoms with Crippen molar-refractivity contribution in [1.29, 1.82) is 0 Å². The van der Waals surface area contributed by atoms with Crippen molar-refractivity contribution in [3.8, 4) is 44.9 Å². The molecule has 1 aliphatic heterocycles. The van der Waals surface area contributed by atoms with Gasteiger partial charge < -0.3 is 9.64 Å². The van der Waals surface area contributed by atoms with E-state index >= 15 is 0 Å². The largest absolute Gasteiger partial charge is 0.457 e. The summed E-state index contributed by atoms with van der Waals surface area (Å²) in [6, 6.07) is 82.1. The summed E-state index contributed by atoms with van der Waals surface area (Å²) in [7, 11) is 0. The molecule has 3 heteroatoms. The summed E-state index contributed by atoms with van der Waals surface area (Å²) >= 11 is 1.88. The molecule has 0 amide bonds. The molecular formula is C59H37NOS. The van der Waals surface area contributed by atoms with Crippen LogP contribution in [0, 0.1) is 0 Å². The van der Waals surface area contributed by atoms with Gasteiger partial charge >= 0.3 is 0 Å². The van der Waals surface area contributed by atoms with Gasteiger partial charge in [-0.25, -0.2) is 0 Å². The molecule has 0 saturated heterocycles. The predicted molar refractivity (Wildman–Crippen MR) is 260 cm³/mol. The molecule has 0 atom stereocenters. The number of fused-ring (bicyclic) bond motifs is 14. The molecule has 0 N–H and O–H groups in total. The van der Waals surface area contributed by atoms with E-state index in [1.165, 1.54) is 81.0 Å². The van der Waals surface area contributed by atoms with Crippen LogP contribution >= 0.6 is 11.3 Å². The first-order chi connectivity index (χ1) is 30.7. The Morgan fingerprint density at radius 1 is 0.355 bits per heavy atom. The summed E-state index contributed by atoms with van der Waals surface area (Å²) in [5.41, 5.74) is 15.0. The molecule has 0 saturated carbocycles. The van der Waals surface area contributed by atoms with Crippen molar-refractivity contribution in [2.45, 2.75) is 5.41 Å². The zero-order valence-electron chi connectivity index (χ0n) is 33.6. The fraction of sp³-hybridized carbons (Fsp3) is 0.0169. The molecule has 2 nitrogen and oxygen atoms in total. The summed E-state index contributed by atoms with van der Waals surface area (Å²) in [6.07, 6.45) is 0. The number of anilines is 3. The number of thiophene rings is 1. The maximum absolute atomic E-state index is 6.64. The third-order valence-electron chi connectivity index (χ3n) is 13.1. The maximum atomic E-state index is 6.64. The van der Waals surface area contributed by atoms with Crippen LogP contribution < -0.4 is 9.64 Å². The zero-order chi connectivity index (χ0) is 40.8. The fourth-order valence-electron chi connectivity index (χ4n) is 10.4. The molecule has 0 bridgehead atoms. The maximum Gasteiger partial charge on any atom is 0.132 e. The van der Waals surface area contributed by atoms with Crippen molar-refractivity contribution < 1.29 is 4.74 Å². The highest BCUT2D eigenvalue weighted by molar-refractivity contribution is 7.26. The predicted octanol–water partition coefficient (Wildman–Crippen LogP) is 16.5. The van der Waals surface area contributed by atoms with Crippen molar-refractivity contribution in [1.82, 2.24) is 0 Å². The minimum absolute atomic E-state index is 0.533. The molecule has 13 rings (SSSR count). The smallest absolute Gasteiger partial charge is 0.132 e. The first kappa shape index (κ1) is 35.1. The standard InChI is InChI=1S/C59H37NOS/c1-2-15-38(16-3-1)39-29-32-42(33-30-39)60(54-37-49-47-21-7-13-28-57(47)62-58(49)48-22-5-4-20-46(48)54)43-18-14-17-40(35-43)41-31-34-45-44-19-6-8-23-50(44)59(53(45)36-41)51-24-9-11-26-55(51)61-56-27-12-10-25-52(56)59/h1-37H. The lowest BCUT2D eigenvalue weighted by molar-refractivity contribution is 0.436. The van der Waals surface area contributed by atoms with Crippen molar-refractivity contribution in [3.63, 3.8) is 0 Å². The third-order valence-corrected chi connectivity index (χ3v) is 14.3. The summed E-state index contributed by atoms with van der Waals surface area (Å²) in [5, 5.41) is 5.06. The van der Waals surface area contributed by atoms with Gasteiger partial charge in [-0.2, -0.15) is 0 Å². The molecule has 10 aromatic carbocycles. The Morgan fingerprint density at radius 3 is 1.73 bits per heavy atom. The Labute approximate surface area is 364 Å². The molecule has 1 spiro atoms. The van der Waals surface area contributed by atoms with Gasteiger partial charge in [0.2, 0.25) is 0 Å². The van der Waals surface area contributed by atoms with Gasteiger partial charge in [0.15, 0.2) is 0 Å². The van der Waals surface area contributed by atoms with Gasteiger partial charge in [-0.1, -0.05) is 170 Å². The Kier molecular flexibility index (Phi) is 7.72. The van der Waals surface area contributed by atoms with Crippen LogP contribution in [0.5, 0.6) is 11.5 Å². The summed E-state index contributed by atoms with van der Waals surface area (Å²) in [4.78, 5) is 2.46. The number of ether oxygens (including phenoxy) is 1. The minimum atomic E-state index is -0.533. The van der Waals surface area contributed by atoms with Gasteiger partial charge in [-0.3, -0.25) is 0 Å². The third kappa shape index (κ3) is 5.09. The van der Waals surface area contributed by atoms with Crippen molar-refractivity contribution in [2.75, 3.05) is 4.90 Å².